The summed E-state index contributed by atoms with van der Waals surface area (Å²) in [6, 6.07) is 5.68. The van der Waals surface area contributed by atoms with Crippen molar-refractivity contribution in [3.8, 4) is 5.75 Å². The van der Waals surface area contributed by atoms with Gasteiger partial charge >= 0.3 is 0 Å². The average molecular weight is 346 g/mol. The molecule has 0 aliphatic rings. The fourth-order valence-corrected chi connectivity index (χ4v) is 3.25. The van der Waals surface area contributed by atoms with E-state index in [4.69, 9.17) is 4.74 Å². The van der Waals surface area contributed by atoms with E-state index < -0.39 is 0 Å². The van der Waals surface area contributed by atoms with Gasteiger partial charge in [-0.2, -0.15) is 11.8 Å². The van der Waals surface area contributed by atoms with Crippen LogP contribution in [0.4, 0.5) is 0 Å². The van der Waals surface area contributed by atoms with Gasteiger partial charge in [0.05, 0.1) is 11.6 Å². The van der Waals surface area contributed by atoms with Crippen molar-refractivity contribution in [2.45, 2.75) is 19.4 Å². The molecule has 1 amide bonds. The van der Waals surface area contributed by atoms with Gasteiger partial charge in [-0.15, -0.1) is 0 Å². The number of halogens is 1. The van der Waals surface area contributed by atoms with Crippen molar-refractivity contribution in [2.24, 2.45) is 0 Å². The van der Waals surface area contributed by atoms with Gasteiger partial charge in [-0.05, 0) is 46.8 Å². The van der Waals surface area contributed by atoms with E-state index in [9.17, 15) is 4.79 Å². The highest BCUT2D eigenvalue weighted by Gasteiger charge is 2.20. The van der Waals surface area contributed by atoms with E-state index in [-0.39, 0.29) is 11.9 Å². The molecule has 0 aromatic heterocycles. The molecule has 1 aromatic rings. The van der Waals surface area contributed by atoms with Crippen molar-refractivity contribution in [2.75, 3.05) is 26.2 Å². The van der Waals surface area contributed by atoms with Gasteiger partial charge in [-0.25, -0.2) is 0 Å². The Morgan fingerprint density at radius 3 is 2.68 bits per heavy atom. The Balaban J connectivity index is 2.90. The molecule has 0 saturated carbocycles. The summed E-state index contributed by atoms with van der Waals surface area (Å²) in [6.07, 6.45) is 3.02. The second-order valence-corrected chi connectivity index (χ2v) is 6.05. The third-order valence-corrected chi connectivity index (χ3v) is 4.43. The molecule has 0 bridgehead atoms. The third-order valence-electron chi connectivity index (χ3n) is 3.10. The maximum atomic E-state index is 12.4. The largest absolute Gasteiger partial charge is 0.496 e. The van der Waals surface area contributed by atoms with E-state index in [0.717, 1.165) is 22.4 Å². The fourth-order valence-electron chi connectivity index (χ4n) is 1.86. The number of carbonyl (C=O) groups is 1. The fraction of sp³-hybridized carbons (Fsp3) is 0.500. The lowest BCUT2D eigenvalue weighted by atomic mass is 10.1. The minimum Gasteiger partial charge on any atom is -0.496 e. The van der Waals surface area contributed by atoms with Crippen LogP contribution in [0.5, 0.6) is 5.75 Å². The number of hydrogen-bond donors (Lipinski definition) is 0. The number of ether oxygens (including phenoxy) is 1. The molecule has 1 aromatic carbocycles. The summed E-state index contributed by atoms with van der Waals surface area (Å²) in [6.45, 7) is 2.11. The lowest BCUT2D eigenvalue weighted by Crippen LogP contribution is -2.38. The normalized spacial score (nSPS) is 12.1. The van der Waals surface area contributed by atoms with Crippen molar-refractivity contribution >= 4 is 33.6 Å². The van der Waals surface area contributed by atoms with Crippen molar-refractivity contribution in [1.29, 1.82) is 0 Å². The zero-order valence-electron chi connectivity index (χ0n) is 11.8. The molecule has 0 N–H and O–H groups in total. The first kappa shape index (κ1) is 16.4. The van der Waals surface area contributed by atoms with Crippen LogP contribution in [0.25, 0.3) is 0 Å². The summed E-state index contributed by atoms with van der Waals surface area (Å²) in [4.78, 5) is 14.3. The number of rotatable bonds is 6. The molecule has 19 heavy (non-hydrogen) atoms. The quantitative estimate of drug-likeness (QED) is 0.787. The van der Waals surface area contributed by atoms with E-state index >= 15 is 0 Å². The number of amides is 1. The van der Waals surface area contributed by atoms with Gasteiger partial charge in [-0.3, -0.25) is 4.79 Å². The number of benzene rings is 1. The summed E-state index contributed by atoms with van der Waals surface area (Å²) in [5.74, 6) is 1.73. The zero-order chi connectivity index (χ0) is 14.4. The van der Waals surface area contributed by atoms with Crippen molar-refractivity contribution in [1.82, 2.24) is 4.90 Å². The van der Waals surface area contributed by atoms with Gasteiger partial charge in [0.2, 0.25) is 0 Å². The topological polar surface area (TPSA) is 29.5 Å². The maximum absolute atomic E-state index is 12.4. The van der Waals surface area contributed by atoms with Gasteiger partial charge in [0, 0.05) is 24.4 Å². The second kappa shape index (κ2) is 7.80. The minimum absolute atomic E-state index is 0.0456. The van der Waals surface area contributed by atoms with E-state index in [0.29, 0.717) is 5.56 Å². The predicted molar refractivity (Wildman–Crippen MR) is 85.2 cm³/mol. The molecule has 0 saturated heterocycles. The molecule has 0 fully saturated rings. The number of hydrogen-bond acceptors (Lipinski definition) is 3. The Labute approximate surface area is 127 Å². The lowest BCUT2D eigenvalue weighted by molar-refractivity contribution is 0.0743. The van der Waals surface area contributed by atoms with Gasteiger partial charge in [-0.1, -0.05) is 6.92 Å². The van der Waals surface area contributed by atoms with Crippen LogP contribution in [-0.4, -0.2) is 43.0 Å². The van der Waals surface area contributed by atoms with Crippen molar-refractivity contribution < 1.29 is 9.53 Å². The zero-order valence-corrected chi connectivity index (χ0v) is 14.2. The first-order valence-corrected chi connectivity index (χ1v) is 8.33. The predicted octanol–water partition coefficient (Wildman–Crippen LogP) is 3.67. The summed E-state index contributed by atoms with van der Waals surface area (Å²) in [5.41, 5.74) is 0.676. The standard InChI is InChI=1S/C14H20BrNO2S/c1-5-11(9-19-4)16(2)14(17)10-6-7-13(18-3)12(15)8-10/h6-8,11H,5,9H2,1-4H3. The van der Waals surface area contributed by atoms with Gasteiger partial charge in [0.15, 0.2) is 0 Å². The van der Waals surface area contributed by atoms with Gasteiger partial charge in [0.25, 0.3) is 5.91 Å². The van der Waals surface area contributed by atoms with E-state index in [1.54, 1.807) is 31.0 Å². The van der Waals surface area contributed by atoms with Crippen LogP contribution in [0.15, 0.2) is 22.7 Å². The van der Waals surface area contributed by atoms with E-state index in [2.05, 4.69) is 29.1 Å². The Hall–Kier alpha value is -0.680. The first-order chi connectivity index (χ1) is 9.04. The molecule has 1 unspecified atom stereocenters. The molecule has 0 radical (unpaired) electrons. The third kappa shape index (κ3) is 4.14. The van der Waals surface area contributed by atoms with Gasteiger partial charge in [0.1, 0.15) is 5.75 Å². The average Bonchev–Trinajstić information content (AvgIpc) is 2.43. The molecular weight excluding hydrogens is 326 g/mol. The Kier molecular flexibility index (Phi) is 6.72. The molecule has 0 aliphatic carbocycles. The first-order valence-electron chi connectivity index (χ1n) is 6.14. The summed E-state index contributed by atoms with van der Waals surface area (Å²) in [5, 5.41) is 0. The molecule has 0 aliphatic heterocycles. The highest BCUT2D eigenvalue weighted by molar-refractivity contribution is 9.10. The monoisotopic (exact) mass is 345 g/mol. The highest BCUT2D eigenvalue weighted by Crippen LogP contribution is 2.26. The molecule has 0 spiro atoms. The molecule has 1 atom stereocenters. The highest BCUT2D eigenvalue weighted by atomic mass is 79.9. The molecule has 3 nitrogen and oxygen atoms in total. The molecule has 1 rings (SSSR count). The van der Waals surface area contributed by atoms with Crippen molar-refractivity contribution in [3.05, 3.63) is 28.2 Å². The van der Waals surface area contributed by atoms with Crippen LogP contribution in [0.3, 0.4) is 0 Å². The van der Waals surface area contributed by atoms with Crippen LogP contribution in [0.1, 0.15) is 23.7 Å². The van der Waals surface area contributed by atoms with Crippen molar-refractivity contribution in [3.63, 3.8) is 0 Å². The molecular formula is C14H20BrNO2S. The number of nitrogens with zero attached hydrogens (tertiary/aromatic N) is 1. The Bertz CT molecular complexity index is 439. The Morgan fingerprint density at radius 1 is 1.53 bits per heavy atom. The number of thioether (sulfide) groups is 1. The molecule has 106 valence electrons. The number of carbonyl (C=O) groups excluding carboxylic acids is 1. The van der Waals surface area contributed by atoms with E-state index in [1.165, 1.54) is 0 Å². The Morgan fingerprint density at radius 2 is 2.21 bits per heavy atom. The van der Waals surface area contributed by atoms with Gasteiger partial charge < -0.3 is 9.64 Å². The second-order valence-electron chi connectivity index (χ2n) is 4.28. The lowest BCUT2D eigenvalue weighted by Gasteiger charge is -2.27. The van der Waals surface area contributed by atoms with Crippen LogP contribution < -0.4 is 4.74 Å². The smallest absolute Gasteiger partial charge is 0.253 e. The van der Waals surface area contributed by atoms with E-state index in [1.807, 2.05) is 18.0 Å². The number of methoxy groups -OCH3 is 1. The SMILES string of the molecule is CCC(CSC)N(C)C(=O)c1ccc(OC)c(Br)c1. The summed E-state index contributed by atoms with van der Waals surface area (Å²) < 4.78 is 5.97. The summed E-state index contributed by atoms with van der Waals surface area (Å²) in [7, 11) is 3.48. The van der Waals surface area contributed by atoms with Crippen LogP contribution in [0.2, 0.25) is 0 Å². The minimum atomic E-state index is 0.0456. The molecule has 0 heterocycles. The molecule has 5 heteroatoms. The van der Waals surface area contributed by atoms with Crippen LogP contribution >= 0.6 is 27.7 Å². The van der Waals surface area contributed by atoms with Crippen LogP contribution in [-0.2, 0) is 0 Å². The maximum Gasteiger partial charge on any atom is 0.253 e. The summed E-state index contributed by atoms with van der Waals surface area (Å²) >= 11 is 5.17. The van der Waals surface area contributed by atoms with Crippen LogP contribution in [0, 0.1) is 0 Å².